The molecule has 1 aromatic carbocycles. The standard InChI is InChI=1S/C18H19Cl2NO4S/c1-24-17(23)11-13(15-7-4-10-26-15)21-16(22)8-3-9-25-14-6-2-5-12(19)18(14)20/h2,4-7,10,13H,3,8-9,11H2,1H3,(H,21,22). The fraction of sp³-hybridized carbons (Fsp3) is 0.333. The number of esters is 1. The summed E-state index contributed by atoms with van der Waals surface area (Å²) < 4.78 is 10.3. The molecule has 1 atom stereocenters. The first-order valence-corrected chi connectivity index (χ1v) is 9.61. The van der Waals surface area contributed by atoms with Gasteiger partial charge < -0.3 is 14.8 Å². The molecule has 26 heavy (non-hydrogen) atoms. The summed E-state index contributed by atoms with van der Waals surface area (Å²) in [5.41, 5.74) is 0. The van der Waals surface area contributed by atoms with Crippen LogP contribution in [0.2, 0.25) is 10.0 Å². The van der Waals surface area contributed by atoms with E-state index in [-0.39, 0.29) is 24.7 Å². The van der Waals surface area contributed by atoms with Crippen molar-refractivity contribution in [3.63, 3.8) is 0 Å². The molecule has 0 spiro atoms. The van der Waals surface area contributed by atoms with Crippen molar-refractivity contribution in [2.24, 2.45) is 0 Å². The lowest BCUT2D eigenvalue weighted by atomic mass is 10.1. The van der Waals surface area contributed by atoms with Crippen LogP contribution in [0.25, 0.3) is 0 Å². The van der Waals surface area contributed by atoms with Gasteiger partial charge in [0.15, 0.2) is 0 Å². The Bertz CT molecular complexity index is 737. The molecular weight excluding hydrogens is 397 g/mol. The van der Waals surface area contributed by atoms with Crippen LogP contribution in [0.3, 0.4) is 0 Å². The smallest absolute Gasteiger partial charge is 0.307 e. The van der Waals surface area contributed by atoms with E-state index >= 15 is 0 Å². The van der Waals surface area contributed by atoms with Gasteiger partial charge >= 0.3 is 5.97 Å². The third kappa shape index (κ3) is 6.20. The van der Waals surface area contributed by atoms with Crippen molar-refractivity contribution in [1.29, 1.82) is 0 Å². The predicted molar refractivity (Wildman–Crippen MR) is 103 cm³/mol. The number of amides is 1. The molecule has 0 aliphatic rings. The lowest BCUT2D eigenvalue weighted by Gasteiger charge is -2.16. The first-order valence-electron chi connectivity index (χ1n) is 7.97. The number of benzene rings is 1. The van der Waals surface area contributed by atoms with E-state index in [9.17, 15) is 9.59 Å². The minimum atomic E-state index is -0.391. The van der Waals surface area contributed by atoms with Gasteiger partial charge in [0.05, 0.1) is 31.2 Å². The molecule has 1 N–H and O–H groups in total. The molecule has 8 heteroatoms. The quantitative estimate of drug-likeness (QED) is 0.478. The van der Waals surface area contributed by atoms with Crippen LogP contribution in [0.5, 0.6) is 5.75 Å². The molecule has 140 valence electrons. The molecule has 1 unspecified atom stereocenters. The second kappa shape index (κ2) is 10.4. The first kappa shape index (κ1) is 20.6. The molecule has 1 heterocycles. The van der Waals surface area contributed by atoms with Gasteiger partial charge in [0, 0.05) is 11.3 Å². The Hall–Kier alpha value is -1.76. The number of carbonyl (C=O) groups is 2. The SMILES string of the molecule is COC(=O)CC(NC(=O)CCCOc1cccc(Cl)c1Cl)c1cccs1. The number of ether oxygens (including phenoxy) is 2. The van der Waals surface area contributed by atoms with Gasteiger partial charge in [0.1, 0.15) is 10.8 Å². The number of thiophene rings is 1. The van der Waals surface area contributed by atoms with Gasteiger partial charge in [-0.2, -0.15) is 0 Å². The minimum Gasteiger partial charge on any atom is -0.492 e. The number of rotatable bonds is 9. The highest BCUT2D eigenvalue weighted by molar-refractivity contribution is 7.10. The van der Waals surface area contributed by atoms with Crippen molar-refractivity contribution in [2.75, 3.05) is 13.7 Å². The predicted octanol–water partition coefficient (Wildman–Crippen LogP) is 4.63. The van der Waals surface area contributed by atoms with Gasteiger partial charge in [0.2, 0.25) is 5.91 Å². The Morgan fingerprint density at radius 1 is 1.23 bits per heavy atom. The van der Waals surface area contributed by atoms with Crippen LogP contribution in [-0.4, -0.2) is 25.6 Å². The van der Waals surface area contributed by atoms with Crippen LogP contribution in [0.15, 0.2) is 35.7 Å². The highest BCUT2D eigenvalue weighted by atomic mass is 35.5. The largest absolute Gasteiger partial charge is 0.492 e. The van der Waals surface area contributed by atoms with E-state index in [2.05, 4.69) is 5.32 Å². The topological polar surface area (TPSA) is 64.6 Å². The molecule has 0 aliphatic heterocycles. The van der Waals surface area contributed by atoms with Crippen LogP contribution in [0, 0.1) is 0 Å². The average Bonchev–Trinajstić information content (AvgIpc) is 3.16. The van der Waals surface area contributed by atoms with Gasteiger partial charge in [-0.3, -0.25) is 9.59 Å². The van der Waals surface area contributed by atoms with Gasteiger partial charge in [-0.05, 0) is 30.0 Å². The lowest BCUT2D eigenvalue weighted by Crippen LogP contribution is -2.30. The van der Waals surface area contributed by atoms with E-state index < -0.39 is 6.04 Å². The highest BCUT2D eigenvalue weighted by Gasteiger charge is 2.19. The van der Waals surface area contributed by atoms with E-state index in [1.807, 2.05) is 17.5 Å². The van der Waals surface area contributed by atoms with Crippen molar-refractivity contribution < 1.29 is 19.1 Å². The molecule has 2 aromatic rings. The maximum absolute atomic E-state index is 12.2. The Balaban J connectivity index is 1.80. The van der Waals surface area contributed by atoms with Crippen LogP contribution in [0.4, 0.5) is 0 Å². The molecule has 0 fully saturated rings. The molecule has 0 saturated heterocycles. The summed E-state index contributed by atoms with van der Waals surface area (Å²) in [6, 6.07) is 8.50. The normalized spacial score (nSPS) is 11.7. The second-order valence-electron chi connectivity index (χ2n) is 5.42. The third-order valence-corrected chi connectivity index (χ3v) is 5.33. The summed E-state index contributed by atoms with van der Waals surface area (Å²) in [6.07, 6.45) is 0.864. The molecule has 0 aliphatic carbocycles. The summed E-state index contributed by atoms with van der Waals surface area (Å²) in [6.45, 7) is 0.328. The van der Waals surface area contributed by atoms with Crippen molar-refractivity contribution in [1.82, 2.24) is 5.32 Å². The average molecular weight is 416 g/mol. The third-order valence-electron chi connectivity index (χ3n) is 3.54. The number of carbonyl (C=O) groups excluding carboxylic acids is 2. The van der Waals surface area contributed by atoms with E-state index in [1.54, 1.807) is 18.2 Å². The fourth-order valence-corrected chi connectivity index (χ4v) is 3.36. The maximum Gasteiger partial charge on any atom is 0.307 e. The van der Waals surface area contributed by atoms with Crippen molar-refractivity contribution >= 4 is 46.4 Å². The Morgan fingerprint density at radius 3 is 2.73 bits per heavy atom. The molecule has 5 nitrogen and oxygen atoms in total. The summed E-state index contributed by atoms with van der Waals surface area (Å²) in [5.74, 6) is -0.0440. The van der Waals surface area contributed by atoms with Crippen molar-refractivity contribution in [3.8, 4) is 5.75 Å². The number of hydrogen-bond acceptors (Lipinski definition) is 5. The molecule has 1 aromatic heterocycles. The number of halogens is 2. The Kier molecular flexibility index (Phi) is 8.22. The molecule has 0 bridgehead atoms. The summed E-state index contributed by atoms with van der Waals surface area (Å²) in [5, 5.41) is 5.54. The van der Waals surface area contributed by atoms with Crippen molar-refractivity contribution in [3.05, 3.63) is 50.6 Å². The van der Waals surface area contributed by atoms with Gasteiger partial charge in [0.25, 0.3) is 0 Å². The molecular formula is C18H19Cl2NO4S. The number of hydrogen-bond donors (Lipinski definition) is 1. The zero-order chi connectivity index (χ0) is 18.9. The van der Waals surface area contributed by atoms with Crippen LogP contribution < -0.4 is 10.1 Å². The van der Waals surface area contributed by atoms with E-state index in [0.29, 0.717) is 28.8 Å². The summed E-state index contributed by atoms with van der Waals surface area (Å²) in [7, 11) is 1.33. The fourth-order valence-electron chi connectivity index (χ4n) is 2.24. The van der Waals surface area contributed by atoms with Crippen LogP contribution >= 0.6 is 34.5 Å². The minimum absolute atomic E-state index is 0.0946. The number of methoxy groups -OCH3 is 1. The van der Waals surface area contributed by atoms with Gasteiger partial charge in [-0.15, -0.1) is 11.3 Å². The zero-order valence-corrected chi connectivity index (χ0v) is 16.5. The number of nitrogens with one attached hydrogen (secondary N) is 1. The van der Waals surface area contributed by atoms with Crippen LogP contribution in [-0.2, 0) is 14.3 Å². The Labute approximate surface area is 166 Å². The van der Waals surface area contributed by atoms with E-state index in [1.165, 1.54) is 18.4 Å². The van der Waals surface area contributed by atoms with Gasteiger partial charge in [-0.25, -0.2) is 0 Å². The zero-order valence-electron chi connectivity index (χ0n) is 14.2. The monoisotopic (exact) mass is 415 g/mol. The Morgan fingerprint density at radius 2 is 2.04 bits per heavy atom. The van der Waals surface area contributed by atoms with Crippen molar-refractivity contribution in [2.45, 2.75) is 25.3 Å². The maximum atomic E-state index is 12.2. The van der Waals surface area contributed by atoms with E-state index in [4.69, 9.17) is 32.7 Å². The highest BCUT2D eigenvalue weighted by Crippen LogP contribution is 2.31. The molecule has 1 amide bonds. The molecule has 0 radical (unpaired) electrons. The second-order valence-corrected chi connectivity index (χ2v) is 7.18. The summed E-state index contributed by atoms with van der Waals surface area (Å²) >= 11 is 13.4. The summed E-state index contributed by atoms with van der Waals surface area (Å²) in [4.78, 5) is 24.7. The lowest BCUT2D eigenvalue weighted by molar-refractivity contribution is -0.141. The van der Waals surface area contributed by atoms with Crippen LogP contribution in [0.1, 0.15) is 30.2 Å². The molecule has 0 saturated carbocycles. The van der Waals surface area contributed by atoms with E-state index in [0.717, 1.165) is 4.88 Å². The van der Waals surface area contributed by atoms with Gasteiger partial charge in [-0.1, -0.05) is 35.3 Å². The molecule has 2 rings (SSSR count). The first-order chi connectivity index (χ1) is 12.5.